The number of rotatable bonds is 8. The topological polar surface area (TPSA) is 55.8 Å². The normalized spacial score (nSPS) is 20.3. The summed E-state index contributed by atoms with van der Waals surface area (Å²) in [7, 11) is 0. The van der Waals surface area contributed by atoms with Gasteiger partial charge in [-0.1, -0.05) is 41.4 Å². The Morgan fingerprint density at radius 3 is 2.24 bits per heavy atom. The predicted molar refractivity (Wildman–Crippen MR) is 151 cm³/mol. The Morgan fingerprint density at radius 1 is 0.921 bits per heavy atom. The standard InChI is InChI=1S/C30H29Cl2NO4S/c1-2-36-30(35)21-10-14-24(15-11-21)37-25-16-22-12-13-23(17-25)33(22)29(34)20-8-6-19(7-9-20)18-38-27-5-3-4-26(31)28(27)32/h3-11,14-15,22-23,25H,2,12-13,16-18H2,1H3/t22-,23+,25?. The zero-order valence-corrected chi connectivity index (χ0v) is 23.4. The minimum Gasteiger partial charge on any atom is -0.490 e. The second-order valence-corrected chi connectivity index (χ2v) is 11.4. The van der Waals surface area contributed by atoms with Gasteiger partial charge in [-0.25, -0.2) is 4.79 Å². The van der Waals surface area contributed by atoms with Gasteiger partial charge >= 0.3 is 5.97 Å². The lowest BCUT2D eigenvalue weighted by molar-refractivity contribution is 0.0359. The average molecular weight is 571 g/mol. The van der Waals surface area contributed by atoms with E-state index in [-0.39, 0.29) is 30.1 Å². The van der Waals surface area contributed by atoms with E-state index in [1.54, 1.807) is 36.9 Å². The van der Waals surface area contributed by atoms with Gasteiger partial charge in [-0.15, -0.1) is 11.8 Å². The summed E-state index contributed by atoms with van der Waals surface area (Å²) in [6.45, 7) is 2.13. The minimum atomic E-state index is -0.332. The molecular weight excluding hydrogens is 541 g/mol. The van der Waals surface area contributed by atoms with Crippen molar-refractivity contribution in [2.75, 3.05) is 6.61 Å². The number of ether oxygens (including phenoxy) is 2. The van der Waals surface area contributed by atoms with Crippen LogP contribution in [0.2, 0.25) is 10.0 Å². The van der Waals surface area contributed by atoms with Crippen LogP contribution >= 0.6 is 35.0 Å². The molecule has 2 aliphatic heterocycles. The molecule has 2 fully saturated rings. The van der Waals surface area contributed by atoms with Gasteiger partial charge in [0.15, 0.2) is 0 Å². The summed E-state index contributed by atoms with van der Waals surface area (Å²) in [4.78, 5) is 28.3. The van der Waals surface area contributed by atoms with Gasteiger partial charge in [-0.3, -0.25) is 4.79 Å². The largest absolute Gasteiger partial charge is 0.490 e. The number of nitrogens with zero attached hydrogens (tertiary/aromatic N) is 1. The molecule has 3 aromatic carbocycles. The highest BCUT2D eigenvalue weighted by atomic mass is 35.5. The summed E-state index contributed by atoms with van der Waals surface area (Å²) in [6, 6.07) is 20.9. The first-order valence-electron chi connectivity index (χ1n) is 12.8. The number of fused-ring (bicyclic) bond motifs is 2. The van der Waals surface area contributed by atoms with E-state index in [9.17, 15) is 9.59 Å². The predicted octanol–water partition coefficient (Wildman–Crippen LogP) is 7.68. The molecule has 2 aliphatic rings. The Kier molecular flexibility index (Phi) is 8.51. The Bertz CT molecular complexity index is 1280. The summed E-state index contributed by atoms with van der Waals surface area (Å²) < 4.78 is 11.3. The second-order valence-electron chi connectivity index (χ2n) is 9.59. The molecule has 1 unspecified atom stereocenters. The van der Waals surface area contributed by atoms with Crippen molar-refractivity contribution in [3.05, 3.63) is 93.5 Å². The Labute approximate surface area is 237 Å². The molecule has 2 saturated heterocycles. The Hall–Kier alpha value is -2.67. The fourth-order valence-electron chi connectivity index (χ4n) is 5.28. The number of hydrogen-bond acceptors (Lipinski definition) is 5. The maximum Gasteiger partial charge on any atom is 0.338 e. The van der Waals surface area contributed by atoms with Gasteiger partial charge in [-0.2, -0.15) is 0 Å². The fraction of sp³-hybridized carbons (Fsp3) is 0.333. The first kappa shape index (κ1) is 26.9. The van der Waals surface area contributed by atoms with Crippen molar-refractivity contribution in [3.63, 3.8) is 0 Å². The van der Waals surface area contributed by atoms with E-state index >= 15 is 0 Å². The minimum absolute atomic E-state index is 0.0442. The van der Waals surface area contributed by atoms with Crippen molar-refractivity contribution in [1.82, 2.24) is 4.90 Å². The van der Waals surface area contributed by atoms with Crippen molar-refractivity contribution in [1.29, 1.82) is 0 Å². The Morgan fingerprint density at radius 2 is 1.58 bits per heavy atom. The molecule has 2 heterocycles. The van der Waals surface area contributed by atoms with Crippen LogP contribution in [0.4, 0.5) is 0 Å². The molecule has 38 heavy (non-hydrogen) atoms. The molecule has 0 aromatic heterocycles. The molecule has 0 aliphatic carbocycles. The van der Waals surface area contributed by atoms with E-state index < -0.39 is 0 Å². The molecule has 2 bridgehead atoms. The summed E-state index contributed by atoms with van der Waals surface area (Å²) in [5, 5.41) is 1.12. The van der Waals surface area contributed by atoms with E-state index in [0.29, 0.717) is 27.8 Å². The van der Waals surface area contributed by atoms with Crippen LogP contribution < -0.4 is 4.74 Å². The summed E-state index contributed by atoms with van der Waals surface area (Å²) in [5.41, 5.74) is 2.34. The van der Waals surface area contributed by atoms with E-state index in [4.69, 9.17) is 32.7 Å². The van der Waals surface area contributed by atoms with Crippen molar-refractivity contribution in [2.45, 2.75) is 61.4 Å². The number of esters is 1. The van der Waals surface area contributed by atoms with Gasteiger partial charge in [-0.05, 0) is 73.9 Å². The maximum absolute atomic E-state index is 13.5. The highest BCUT2D eigenvalue weighted by Crippen LogP contribution is 2.39. The smallest absolute Gasteiger partial charge is 0.338 e. The fourth-order valence-corrected chi connectivity index (χ4v) is 6.73. The van der Waals surface area contributed by atoms with Crippen LogP contribution in [0, 0.1) is 0 Å². The van der Waals surface area contributed by atoms with Crippen LogP contribution in [0.1, 0.15) is 58.9 Å². The molecule has 3 aromatic rings. The number of hydrogen-bond donors (Lipinski definition) is 0. The molecule has 198 valence electrons. The lowest BCUT2D eigenvalue weighted by Crippen LogP contribution is -2.49. The number of benzene rings is 3. The summed E-state index contributed by atoms with van der Waals surface area (Å²) in [5.74, 6) is 1.23. The molecule has 0 saturated carbocycles. The zero-order chi connectivity index (χ0) is 26.6. The quantitative estimate of drug-likeness (QED) is 0.205. The van der Waals surface area contributed by atoms with Gasteiger partial charge in [0.05, 0.1) is 22.2 Å². The monoisotopic (exact) mass is 569 g/mol. The molecule has 8 heteroatoms. The van der Waals surface area contributed by atoms with Crippen LogP contribution in [0.25, 0.3) is 0 Å². The van der Waals surface area contributed by atoms with Crippen molar-refractivity contribution in [2.24, 2.45) is 0 Å². The molecule has 0 N–H and O–H groups in total. The van der Waals surface area contributed by atoms with Crippen molar-refractivity contribution < 1.29 is 19.1 Å². The lowest BCUT2D eigenvalue weighted by atomic mass is 9.98. The maximum atomic E-state index is 13.5. The van der Waals surface area contributed by atoms with Gasteiger partial charge in [0.1, 0.15) is 11.9 Å². The van der Waals surface area contributed by atoms with E-state index in [0.717, 1.165) is 47.6 Å². The molecule has 5 nitrogen and oxygen atoms in total. The zero-order valence-electron chi connectivity index (χ0n) is 21.1. The molecular formula is C30H29Cl2NO4S. The van der Waals surface area contributed by atoms with E-state index in [2.05, 4.69) is 4.90 Å². The molecule has 1 amide bonds. The van der Waals surface area contributed by atoms with Gasteiger partial charge < -0.3 is 14.4 Å². The number of amides is 1. The van der Waals surface area contributed by atoms with Gasteiger partial charge in [0, 0.05) is 41.1 Å². The highest BCUT2D eigenvalue weighted by Gasteiger charge is 2.44. The average Bonchev–Trinajstić information content (AvgIpc) is 3.20. The molecule has 0 spiro atoms. The van der Waals surface area contributed by atoms with Crippen molar-refractivity contribution in [3.8, 4) is 5.75 Å². The van der Waals surface area contributed by atoms with Crippen LogP contribution in [0.15, 0.2) is 71.6 Å². The number of carbonyl (C=O) groups excluding carboxylic acids is 2. The van der Waals surface area contributed by atoms with Gasteiger partial charge in [0.25, 0.3) is 5.91 Å². The third kappa shape index (κ3) is 5.98. The van der Waals surface area contributed by atoms with Crippen molar-refractivity contribution >= 4 is 46.8 Å². The molecule has 3 atom stereocenters. The third-order valence-electron chi connectivity index (χ3n) is 7.10. The van der Waals surface area contributed by atoms with Gasteiger partial charge in [0.2, 0.25) is 0 Å². The summed E-state index contributed by atoms with van der Waals surface area (Å²) >= 11 is 14.0. The molecule has 5 rings (SSSR count). The first-order chi connectivity index (χ1) is 18.4. The number of halogens is 2. The third-order valence-corrected chi connectivity index (χ3v) is 9.16. The Balaban J connectivity index is 1.17. The SMILES string of the molecule is CCOC(=O)c1ccc(OC2C[C@H]3CC[C@@H](C2)N3C(=O)c2ccc(CSc3cccc(Cl)c3Cl)cc2)cc1. The first-order valence-corrected chi connectivity index (χ1v) is 14.6. The summed E-state index contributed by atoms with van der Waals surface area (Å²) in [6.07, 6.45) is 3.64. The highest BCUT2D eigenvalue weighted by molar-refractivity contribution is 7.98. The van der Waals surface area contributed by atoms with Crippen LogP contribution in [0.5, 0.6) is 5.75 Å². The van der Waals surface area contributed by atoms with Crippen LogP contribution in [-0.4, -0.2) is 41.6 Å². The lowest BCUT2D eigenvalue weighted by Gasteiger charge is -2.39. The second kappa shape index (κ2) is 12.0. The molecule has 0 radical (unpaired) electrons. The number of thioether (sulfide) groups is 1. The van der Waals surface area contributed by atoms with Crippen LogP contribution in [0.3, 0.4) is 0 Å². The van der Waals surface area contributed by atoms with E-state index in [1.807, 2.05) is 48.5 Å². The number of carbonyl (C=O) groups is 2. The van der Waals surface area contributed by atoms with Crippen LogP contribution in [-0.2, 0) is 10.5 Å². The number of piperidine rings is 1. The van der Waals surface area contributed by atoms with E-state index in [1.165, 1.54) is 0 Å².